The van der Waals surface area contributed by atoms with Crippen molar-refractivity contribution in [1.29, 1.82) is 0 Å². The smallest absolute Gasteiger partial charge is 0.326 e. The van der Waals surface area contributed by atoms with Crippen LogP contribution in [0.3, 0.4) is 0 Å². The molecule has 1 unspecified atom stereocenters. The van der Waals surface area contributed by atoms with Crippen LogP contribution in [-0.2, 0) is 20.9 Å². The molecule has 0 bridgehead atoms. The second-order valence-electron chi connectivity index (χ2n) is 8.30. The van der Waals surface area contributed by atoms with Crippen LogP contribution in [0.2, 0.25) is 0 Å². The van der Waals surface area contributed by atoms with Crippen molar-refractivity contribution >= 4 is 33.4 Å². The molecule has 0 saturated carbocycles. The first-order valence-corrected chi connectivity index (χ1v) is 11.6. The SMILES string of the molecule is COc1ccc(-c2cc3ncn(CC(=O)OC(C)C(=O)N(C(C)C)C(C)C)c(=O)c3s2)cc1. The van der Waals surface area contributed by atoms with Crippen LogP contribution < -0.4 is 10.3 Å². The third-order valence-corrected chi connectivity index (χ3v) is 6.36. The number of nitrogens with zero attached hydrogens (tertiary/aromatic N) is 3. The Bertz CT molecular complexity index is 1190. The van der Waals surface area contributed by atoms with E-state index in [0.717, 1.165) is 16.2 Å². The van der Waals surface area contributed by atoms with E-state index in [4.69, 9.17) is 9.47 Å². The number of fused-ring (bicyclic) bond motifs is 1. The molecule has 3 aromatic rings. The van der Waals surface area contributed by atoms with Gasteiger partial charge in [0.15, 0.2) is 6.10 Å². The van der Waals surface area contributed by atoms with Gasteiger partial charge in [0.2, 0.25) is 0 Å². The van der Waals surface area contributed by atoms with E-state index >= 15 is 0 Å². The maximum atomic E-state index is 12.9. The van der Waals surface area contributed by atoms with Crippen LogP contribution in [0, 0.1) is 0 Å². The van der Waals surface area contributed by atoms with E-state index in [1.807, 2.05) is 58.0 Å². The summed E-state index contributed by atoms with van der Waals surface area (Å²) in [5.41, 5.74) is 1.18. The number of methoxy groups -OCH3 is 1. The summed E-state index contributed by atoms with van der Waals surface area (Å²) < 4.78 is 12.2. The van der Waals surface area contributed by atoms with Gasteiger partial charge in [-0.25, -0.2) is 4.98 Å². The maximum Gasteiger partial charge on any atom is 0.326 e. The van der Waals surface area contributed by atoms with E-state index in [1.165, 1.54) is 22.2 Å². The van der Waals surface area contributed by atoms with Crippen LogP contribution >= 0.6 is 11.3 Å². The Balaban J connectivity index is 1.76. The summed E-state index contributed by atoms with van der Waals surface area (Å²) >= 11 is 1.31. The number of carbonyl (C=O) groups is 2. The molecular formula is C24H29N3O5S. The average Bonchev–Trinajstić information content (AvgIpc) is 3.20. The van der Waals surface area contributed by atoms with Crippen LogP contribution in [-0.4, -0.2) is 51.6 Å². The van der Waals surface area contributed by atoms with Crippen molar-refractivity contribution in [3.63, 3.8) is 0 Å². The van der Waals surface area contributed by atoms with E-state index in [-0.39, 0.29) is 30.1 Å². The van der Waals surface area contributed by atoms with E-state index < -0.39 is 12.1 Å². The largest absolute Gasteiger partial charge is 0.497 e. The van der Waals surface area contributed by atoms with E-state index in [1.54, 1.807) is 18.9 Å². The summed E-state index contributed by atoms with van der Waals surface area (Å²) in [6, 6.07) is 9.33. The number of rotatable bonds is 8. The summed E-state index contributed by atoms with van der Waals surface area (Å²) in [4.78, 5) is 45.0. The molecule has 0 radical (unpaired) electrons. The van der Waals surface area contributed by atoms with Crippen molar-refractivity contribution in [1.82, 2.24) is 14.5 Å². The van der Waals surface area contributed by atoms with Crippen molar-refractivity contribution in [2.75, 3.05) is 7.11 Å². The number of esters is 1. The predicted octanol–water partition coefficient (Wildman–Crippen LogP) is 3.71. The highest BCUT2D eigenvalue weighted by Gasteiger charge is 2.27. The molecule has 0 fully saturated rings. The first-order chi connectivity index (χ1) is 15.6. The number of thiophene rings is 1. The number of benzene rings is 1. The monoisotopic (exact) mass is 471 g/mol. The minimum Gasteiger partial charge on any atom is -0.497 e. The van der Waals surface area contributed by atoms with Gasteiger partial charge in [-0.05, 0) is 70.5 Å². The minimum absolute atomic E-state index is 0.0217. The fourth-order valence-electron chi connectivity index (χ4n) is 3.69. The Morgan fingerprint density at radius 1 is 1.09 bits per heavy atom. The Morgan fingerprint density at radius 2 is 1.73 bits per heavy atom. The van der Waals surface area contributed by atoms with E-state index in [9.17, 15) is 14.4 Å². The van der Waals surface area contributed by atoms with Crippen LogP contribution in [0.1, 0.15) is 34.6 Å². The fraction of sp³-hybridized carbons (Fsp3) is 0.417. The molecule has 2 heterocycles. The summed E-state index contributed by atoms with van der Waals surface area (Å²) in [5, 5.41) is 0. The molecule has 1 amide bonds. The van der Waals surface area contributed by atoms with Gasteiger partial charge >= 0.3 is 5.97 Å². The lowest BCUT2D eigenvalue weighted by atomic mass is 10.2. The zero-order valence-corrected chi connectivity index (χ0v) is 20.5. The number of amides is 1. The number of carbonyl (C=O) groups excluding carboxylic acids is 2. The first kappa shape index (κ1) is 24.4. The summed E-state index contributed by atoms with van der Waals surface area (Å²) in [7, 11) is 1.60. The van der Waals surface area contributed by atoms with Crippen molar-refractivity contribution in [2.45, 2.75) is 59.4 Å². The predicted molar refractivity (Wildman–Crippen MR) is 129 cm³/mol. The lowest BCUT2D eigenvalue weighted by Gasteiger charge is -2.32. The summed E-state index contributed by atoms with van der Waals surface area (Å²) in [6.07, 6.45) is 0.385. The normalized spacial score (nSPS) is 12.2. The maximum absolute atomic E-state index is 12.9. The van der Waals surface area contributed by atoms with E-state index in [0.29, 0.717) is 10.2 Å². The highest BCUT2D eigenvalue weighted by Crippen LogP contribution is 2.31. The molecule has 0 N–H and O–H groups in total. The number of aromatic nitrogens is 2. The van der Waals surface area contributed by atoms with Gasteiger partial charge in [0.05, 0.1) is 19.0 Å². The highest BCUT2D eigenvalue weighted by atomic mass is 32.1. The lowest BCUT2D eigenvalue weighted by molar-refractivity contribution is -0.161. The molecule has 0 aliphatic carbocycles. The quantitative estimate of drug-likeness (QED) is 0.465. The average molecular weight is 472 g/mol. The van der Waals surface area contributed by atoms with E-state index in [2.05, 4.69) is 4.98 Å². The van der Waals surface area contributed by atoms with Crippen molar-refractivity contribution in [3.05, 3.63) is 47.0 Å². The Kier molecular flexibility index (Phi) is 7.53. The molecule has 2 aromatic heterocycles. The molecule has 1 atom stereocenters. The van der Waals surface area contributed by atoms with Gasteiger partial charge in [-0.3, -0.25) is 19.0 Å². The summed E-state index contributed by atoms with van der Waals surface area (Å²) in [5.74, 6) is -0.188. The van der Waals surface area contributed by atoms with Gasteiger partial charge < -0.3 is 14.4 Å². The second-order valence-corrected chi connectivity index (χ2v) is 9.35. The third-order valence-electron chi connectivity index (χ3n) is 5.20. The second kappa shape index (κ2) is 10.2. The van der Waals surface area contributed by atoms with Gasteiger partial charge in [0.25, 0.3) is 11.5 Å². The van der Waals surface area contributed by atoms with Gasteiger partial charge in [-0.1, -0.05) is 0 Å². The molecule has 176 valence electrons. The highest BCUT2D eigenvalue weighted by molar-refractivity contribution is 7.22. The molecule has 3 rings (SSSR count). The fourth-order valence-corrected chi connectivity index (χ4v) is 4.76. The number of hydrogen-bond donors (Lipinski definition) is 0. The van der Waals surface area contributed by atoms with Crippen LogP contribution in [0.25, 0.3) is 20.7 Å². The molecule has 0 aliphatic heterocycles. The molecule has 0 spiro atoms. The molecule has 8 nitrogen and oxygen atoms in total. The standard InChI is InChI=1S/C24H29N3O5S/c1-14(2)27(15(3)4)23(29)16(5)32-21(28)12-26-13-25-19-11-20(33-22(19)24(26)30)17-7-9-18(31-6)10-8-17/h7-11,13-16H,12H2,1-6H3. The number of ether oxygens (including phenoxy) is 2. The van der Waals surface area contributed by atoms with Gasteiger partial charge in [0.1, 0.15) is 17.0 Å². The van der Waals surface area contributed by atoms with Gasteiger partial charge in [0, 0.05) is 17.0 Å². The first-order valence-electron chi connectivity index (χ1n) is 10.8. The summed E-state index contributed by atoms with van der Waals surface area (Å²) in [6.45, 7) is 8.87. The van der Waals surface area contributed by atoms with Crippen molar-refractivity contribution in [2.24, 2.45) is 0 Å². The van der Waals surface area contributed by atoms with Crippen molar-refractivity contribution in [3.8, 4) is 16.2 Å². The van der Waals surface area contributed by atoms with Crippen LogP contribution in [0.4, 0.5) is 0 Å². The number of hydrogen-bond acceptors (Lipinski definition) is 7. The zero-order chi connectivity index (χ0) is 24.3. The Hall–Kier alpha value is -3.20. The lowest BCUT2D eigenvalue weighted by Crippen LogP contribution is -2.47. The third kappa shape index (κ3) is 5.42. The molecular weight excluding hydrogens is 442 g/mol. The van der Waals surface area contributed by atoms with Gasteiger partial charge in [-0.2, -0.15) is 0 Å². The molecule has 0 saturated heterocycles. The Morgan fingerprint density at radius 3 is 2.30 bits per heavy atom. The topological polar surface area (TPSA) is 90.7 Å². The van der Waals surface area contributed by atoms with Crippen LogP contribution in [0.15, 0.2) is 41.5 Å². The van der Waals surface area contributed by atoms with Crippen LogP contribution in [0.5, 0.6) is 5.75 Å². The van der Waals surface area contributed by atoms with Crippen molar-refractivity contribution < 1.29 is 19.1 Å². The molecule has 9 heteroatoms. The van der Waals surface area contributed by atoms with Gasteiger partial charge in [-0.15, -0.1) is 11.3 Å². The molecule has 33 heavy (non-hydrogen) atoms. The molecule has 0 aliphatic rings. The Labute approximate surface area is 196 Å². The molecule has 1 aromatic carbocycles. The minimum atomic E-state index is -0.946. The zero-order valence-electron chi connectivity index (χ0n) is 19.7.